The average molecular weight is 432 g/mol. The summed E-state index contributed by atoms with van der Waals surface area (Å²) in [6.45, 7) is 1.96. The molecule has 33 heavy (non-hydrogen) atoms. The van der Waals surface area contributed by atoms with Crippen LogP contribution >= 0.6 is 0 Å². The Morgan fingerprint density at radius 1 is 0.879 bits per heavy atom. The number of aromatic nitrogens is 4. The molecular formula is C26H20N6O. The van der Waals surface area contributed by atoms with Gasteiger partial charge in [-0.15, -0.1) is 0 Å². The molecule has 2 N–H and O–H groups in total. The predicted octanol–water partition coefficient (Wildman–Crippen LogP) is 5.39. The van der Waals surface area contributed by atoms with Crippen molar-refractivity contribution in [3.63, 3.8) is 0 Å². The number of carbonyl (C=O) groups is 1. The number of rotatable bonds is 5. The van der Waals surface area contributed by atoms with Crippen molar-refractivity contribution in [2.75, 3.05) is 10.6 Å². The van der Waals surface area contributed by atoms with E-state index in [4.69, 9.17) is 0 Å². The molecule has 160 valence electrons. The highest BCUT2D eigenvalue weighted by molar-refractivity contribution is 6.05. The molecule has 0 atom stereocenters. The van der Waals surface area contributed by atoms with Crippen LogP contribution in [0.25, 0.3) is 22.2 Å². The van der Waals surface area contributed by atoms with Gasteiger partial charge in [0, 0.05) is 52.7 Å². The number of fused-ring (bicyclic) bond motifs is 1. The van der Waals surface area contributed by atoms with E-state index >= 15 is 0 Å². The normalized spacial score (nSPS) is 10.7. The second-order valence-electron chi connectivity index (χ2n) is 7.53. The molecule has 3 heterocycles. The number of nitrogens with zero attached hydrogens (tertiary/aromatic N) is 4. The Bertz CT molecular complexity index is 1450. The van der Waals surface area contributed by atoms with Gasteiger partial charge in [-0.25, -0.2) is 9.97 Å². The lowest BCUT2D eigenvalue weighted by molar-refractivity contribution is 0.102. The fraction of sp³-hybridized carbons (Fsp3) is 0.0385. The van der Waals surface area contributed by atoms with Crippen molar-refractivity contribution in [1.29, 1.82) is 0 Å². The minimum Gasteiger partial charge on any atom is -0.324 e. The zero-order chi connectivity index (χ0) is 22.6. The number of pyridine rings is 2. The number of carbonyl (C=O) groups excluding carboxylic acids is 1. The van der Waals surface area contributed by atoms with Gasteiger partial charge in [-0.05, 0) is 67.1 Å². The standard InChI is InChI=1S/C26H20N6O/c1-17-6-7-19(25(33)30-21-8-9-22-18(14-21)4-3-12-28-22)15-24(17)32-26-29-13-10-23(31-26)20-5-2-11-27-16-20/h2-16H,1H3,(H,30,33)(H,29,31,32). The van der Waals surface area contributed by atoms with Gasteiger partial charge in [0.05, 0.1) is 11.2 Å². The van der Waals surface area contributed by atoms with Gasteiger partial charge in [0.1, 0.15) is 0 Å². The van der Waals surface area contributed by atoms with E-state index < -0.39 is 0 Å². The molecule has 0 saturated carbocycles. The Kier molecular flexibility index (Phi) is 5.43. The van der Waals surface area contributed by atoms with Crippen LogP contribution in [0.4, 0.5) is 17.3 Å². The summed E-state index contributed by atoms with van der Waals surface area (Å²) in [5.41, 5.74) is 5.51. The van der Waals surface area contributed by atoms with Crippen LogP contribution in [-0.4, -0.2) is 25.8 Å². The molecule has 1 amide bonds. The number of benzene rings is 2. The highest BCUT2D eigenvalue weighted by Crippen LogP contribution is 2.23. The van der Waals surface area contributed by atoms with Gasteiger partial charge in [0.2, 0.25) is 5.95 Å². The zero-order valence-electron chi connectivity index (χ0n) is 17.9. The van der Waals surface area contributed by atoms with E-state index in [2.05, 4.69) is 30.6 Å². The lowest BCUT2D eigenvalue weighted by atomic mass is 10.1. The Morgan fingerprint density at radius 3 is 2.67 bits per heavy atom. The number of nitrogens with one attached hydrogen (secondary N) is 2. The van der Waals surface area contributed by atoms with Gasteiger partial charge in [-0.1, -0.05) is 12.1 Å². The topological polar surface area (TPSA) is 92.7 Å². The van der Waals surface area contributed by atoms with Crippen molar-refractivity contribution in [2.24, 2.45) is 0 Å². The van der Waals surface area contributed by atoms with E-state index in [0.717, 1.165) is 33.4 Å². The molecule has 0 fully saturated rings. The second-order valence-corrected chi connectivity index (χ2v) is 7.53. The molecule has 2 aromatic carbocycles. The van der Waals surface area contributed by atoms with E-state index in [1.807, 2.05) is 61.5 Å². The number of amides is 1. The van der Waals surface area contributed by atoms with E-state index in [9.17, 15) is 4.79 Å². The average Bonchev–Trinajstić information content (AvgIpc) is 2.86. The van der Waals surface area contributed by atoms with Gasteiger partial charge < -0.3 is 10.6 Å². The third kappa shape index (κ3) is 4.52. The fourth-order valence-corrected chi connectivity index (χ4v) is 3.47. The van der Waals surface area contributed by atoms with E-state index in [1.165, 1.54) is 0 Å². The molecule has 0 unspecified atom stereocenters. The number of hydrogen-bond acceptors (Lipinski definition) is 6. The summed E-state index contributed by atoms with van der Waals surface area (Å²) < 4.78 is 0. The van der Waals surface area contributed by atoms with Gasteiger partial charge in [-0.3, -0.25) is 14.8 Å². The van der Waals surface area contributed by atoms with Crippen LogP contribution in [0.1, 0.15) is 15.9 Å². The van der Waals surface area contributed by atoms with Gasteiger partial charge in [0.15, 0.2) is 0 Å². The maximum absolute atomic E-state index is 12.9. The lowest BCUT2D eigenvalue weighted by Crippen LogP contribution is -2.12. The van der Waals surface area contributed by atoms with Crippen molar-refractivity contribution in [3.8, 4) is 11.3 Å². The van der Waals surface area contributed by atoms with Crippen LogP contribution < -0.4 is 10.6 Å². The van der Waals surface area contributed by atoms with E-state index in [1.54, 1.807) is 36.9 Å². The first-order valence-electron chi connectivity index (χ1n) is 10.4. The number of hydrogen-bond donors (Lipinski definition) is 2. The third-order valence-corrected chi connectivity index (χ3v) is 5.22. The largest absolute Gasteiger partial charge is 0.324 e. The first-order valence-corrected chi connectivity index (χ1v) is 10.4. The molecular weight excluding hydrogens is 412 g/mol. The summed E-state index contributed by atoms with van der Waals surface area (Å²) >= 11 is 0. The third-order valence-electron chi connectivity index (χ3n) is 5.22. The fourth-order valence-electron chi connectivity index (χ4n) is 3.47. The Hall–Kier alpha value is -4.65. The zero-order valence-corrected chi connectivity index (χ0v) is 17.9. The van der Waals surface area contributed by atoms with Crippen molar-refractivity contribution in [3.05, 3.63) is 103 Å². The number of aryl methyl sites for hydroxylation is 1. The molecule has 0 aliphatic heterocycles. The molecule has 3 aromatic heterocycles. The van der Waals surface area contributed by atoms with Crippen LogP contribution in [0.3, 0.4) is 0 Å². The Labute approximate surface area is 190 Å². The smallest absolute Gasteiger partial charge is 0.255 e. The van der Waals surface area contributed by atoms with Crippen LogP contribution in [0.5, 0.6) is 0 Å². The summed E-state index contributed by atoms with van der Waals surface area (Å²) in [5, 5.41) is 7.16. The second kappa shape index (κ2) is 8.84. The SMILES string of the molecule is Cc1ccc(C(=O)Nc2ccc3ncccc3c2)cc1Nc1nccc(-c2cccnc2)n1. The molecule has 0 radical (unpaired) electrons. The van der Waals surface area contributed by atoms with E-state index in [0.29, 0.717) is 17.2 Å². The van der Waals surface area contributed by atoms with Crippen LogP contribution in [0.15, 0.2) is 91.5 Å². The molecule has 0 aliphatic rings. The van der Waals surface area contributed by atoms with Crippen LogP contribution in [-0.2, 0) is 0 Å². The first kappa shape index (κ1) is 20.3. The molecule has 0 aliphatic carbocycles. The maximum Gasteiger partial charge on any atom is 0.255 e. The van der Waals surface area contributed by atoms with Crippen LogP contribution in [0.2, 0.25) is 0 Å². The molecule has 0 spiro atoms. The Morgan fingerprint density at radius 2 is 1.79 bits per heavy atom. The van der Waals surface area contributed by atoms with Crippen LogP contribution in [0, 0.1) is 6.92 Å². The molecule has 5 aromatic rings. The van der Waals surface area contributed by atoms with Crippen molar-refractivity contribution >= 4 is 34.1 Å². The minimum atomic E-state index is -0.202. The maximum atomic E-state index is 12.9. The summed E-state index contributed by atoms with van der Waals surface area (Å²) in [5.74, 6) is 0.241. The molecule has 0 bridgehead atoms. The lowest BCUT2D eigenvalue weighted by Gasteiger charge is -2.12. The highest BCUT2D eigenvalue weighted by Gasteiger charge is 2.11. The highest BCUT2D eigenvalue weighted by atomic mass is 16.1. The molecule has 5 rings (SSSR count). The van der Waals surface area contributed by atoms with Crippen molar-refractivity contribution in [2.45, 2.75) is 6.92 Å². The molecule has 0 saturated heterocycles. The molecule has 7 nitrogen and oxygen atoms in total. The first-order chi connectivity index (χ1) is 16.2. The van der Waals surface area contributed by atoms with Gasteiger partial charge in [0.25, 0.3) is 5.91 Å². The van der Waals surface area contributed by atoms with Gasteiger partial charge >= 0.3 is 0 Å². The Balaban J connectivity index is 1.37. The summed E-state index contributed by atoms with van der Waals surface area (Å²) in [4.78, 5) is 30.3. The van der Waals surface area contributed by atoms with Crippen molar-refractivity contribution < 1.29 is 4.79 Å². The van der Waals surface area contributed by atoms with Crippen molar-refractivity contribution in [1.82, 2.24) is 19.9 Å². The monoisotopic (exact) mass is 432 g/mol. The quantitative estimate of drug-likeness (QED) is 0.387. The van der Waals surface area contributed by atoms with E-state index in [-0.39, 0.29) is 5.91 Å². The molecule has 7 heteroatoms. The van der Waals surface area contributed by atoms with Gasteiger partial charge in [-0.2, -0.15) is 0 Å². The summed E-state index contributed by atoms with van der Waals surface area (Å²) in [6, 6.07) is 20.6. The predicted molar refractivity (Wildman–Crippen MR) is 129 cm³/mol. The summed E-state index contributed by atoms with van der Waals surface area (Å²) in [6.07, 6.45) is 6.92. The summed E-state index contributed by atoms with van der Waals surface area (Å²) in [7, 11) is 0. The number of anilines is 3. The minimum absolute atomic E-state index is 0.202.